The van der Waals surface area contributed by atoms with Crippen molar-refractivity contribution in [3.63, 3.8) is 0 Å². The van der Waals surface area contributed by atoms with Gasteiger partial charge in [-0.05, 0) is 47.7 Å². The largest absolute Gasteiger partial charge is 0.489 e. The molecular formula is C38H38N2O3. The summed E-state index contributed by atoms with van der Waals surface area (Å²) in [5.74, 6) is 0.847. The van der Waals surface area contributed by atoms with E-state index < -0.39 is 6.04 Å². The molecule has 43 heavy (non-hydrogen) atoms. The first-order chi connectivity index (χ1) is 21.1. The molecule has 1 amide bonds. The fourth-order valence-electron chi connectivity index (χ4n) is 6.37. The predicted octanol–water partition coefficient (Wildman–Crippen LogP) is 8.75. The van der Waals surface area contributed by atoms with Crippen molar-refractivity contribution < 1.29 is 14.3 Å². The summed E-state index contributed by atoms with van der Waals surface area (Å²) < 4.78 is 6.31. The van der Waals surface area contributed by atoms with Crippen molar-refractivity contribution in [2.45, 2.75) is 64.0 Å². The Balaban J connectivity index is 1.40. The molecule has 2 atom stereocenters. The highest BCUT2D eigenvalue weighted by Gasteiger charge is 2.41. The lowest BCUT2D eigenvalue weighted by molar-refractivity contribution is -0.119. The number of nitrogens with zero attached hydrogens (tertiary/aromatic N) is 1. The Morgan fingerprint density at radius 3 is 2.33 bits per heavy atom. The summed E-state index contributed by atoms with van der Waals surface area (Å²) in [5.41, 5.74) is 6.28. The maximum Gasteiger partial charge on any atom is 0.227 e. The lowest BCUT2D eigenvalue weighted by Gasteiger charge is -2.35. The number of hydrogen-bond donors (Lipinski definition) is 1. The van der Waals surface area contributed by atoms with Gasteiger partial charge in [0.25, 0.3) is 0 Å². The third kappa shape index (κ3) is 6.12. The SMILES string of the molecule is CCCCCC(=O)N1c2ccccc2NC2=C(C(=O)C[C@@H](c3ccccc3OCc3ccccc3)C2)[C@@H]1c1ccccc1. The molecule has 5 heteroatoms. The van der Waals surface area contributed by atoms with Gasteiger partial charge >= 0.3 is 0 Å². The molecule has 218 valence electrons. The van der Waals surface area contributed by atoms with Crippen LogP contribution in [0.1, 0.15) is 74.1 Å². The molecule has 0 aromatic heterocycles. The smallest absolute Gasteiger partial charge is 0.227 e. The Bertz CT molecular complexity index is 1610. The number of para-hydroxylation sites is 3. The average Bonchev–Trinajstić information content (AvgIpc) is 3.20. The van der Waals surface area contributed by atoms with Crippen molar-refractivity contribution in [1.29, 1.82) is 0 Å². The van der Waals surface area contributed by atoms with Crippen LogP contribution in [0.2, 0.25) is 0 Å². The van der Waals surface area contributed by atoms with E-state index in [1.165, 1.54) is 0 Å². The first-order valence-electron chi connectivity index (χ1n) is 15.4. The number of carbonyl (C=O) groups is 2. The molecule has 0 spiro atoms. The molecule has 0 fully saturated rings. The molecule has 0 saturated heterocycles. The second kappa shape index (κ2) is 13.1. The Morgan fingerprint density at radius 1 is 0.837 bits per heavy atom. The van der Waals surface area contributed by atoms with E-state index in [1.54, 1.807) is 0 Å². The van der Waals surface area contributed by atoms with Gasteiger partial charge in [0, 0.05) is 30.0 Å². The lowest BCUT2D eigenvalue weighted by Crippen LogP contribution is -2.38. The standard InChI is InChI=1S/C38H38N2O3/c1-2-3-6-23-36(42)40-33-21-13-12-20-31(33)39-32-24-29(25-34(41)37(32)38(40)28-17-9-5-10-18-28)30-19-11-14-22-35(30)43-26-27-15-7-4-8-16-27/h4-5,7-22,29,38-39H,2-3,6,23-26H2,1H3/t29-,38-/m0/s1. The second-order valence-corrected chi connectivity index (χ2v) is 11.4. The predicted molar refractivity (Wildman–Crippen MR) is 172 cm³/mol. The summed E-state index contributed by atoms with van der Waals surface area (Å²) in [6, 6.07) is 35.6. The van der Waals surface area contributed by atoms with Gasteiger partial charge in [-0.15, -0.1) is 0 Å². The van der Waals surface area contributed by atoms with Crippen LogP contribution in [-0.4, -0.2) is 11.7 Å². The van der Waals surface area contributed by atoms with Crippen LogP contribution in [-0.2, 0) is 16.2 Å². The molecule has 4 aromatic rings. The minimum atomic E-state index is -0.500. The normalized spacial score (nSPS) is 17.9. The Kier molecular flexibility index (Phi) is 8.69. The molecular weight excluding hydrogens is 532 g/mol. The van der Waals surface area contributed by atoms with E-state index in [0.29, 0.717) is 31.4 Å². The third-order valence-electron chi connectivity index (χ3n) is 8.46. The minimum Gasteiger partial charge on any atom is -0.489 e. The van der Waals surface area contributed by atoms with E-state index in [9.17, 15) is 9.59 Å². The van der Waals surface area contributed by atoms with Gasteiger partial charge in [-0.2, -0.15) is 0 Å². The van der Waals surface area contributed by atoms with Gasteiger partial charge in [0.05, 0.1) is 17.4 Å². The van der Waals surface area contributed by atoms with Crippen molar-refractivity contribution in [3.05, 3.63) is 137 Å². The number of allylic oxidation sites excluding steroid dienone is 1. The summed E-state index contributed by atoms with van der Waals surface area (Å²) in [6.45, 7) is 2.60. The van der Waals surface area contributed by atoms with Gasteiger partial charge in [-0.25, -0.2) is 0 Å². The highest BCUT2D eigenvalue weighted by atomic mass is 16.5. The number of carbonyl (C=O) groups excluding carboxylic acids is 2. The third-order valence-corrected chi connectivity index (χ3v) is 8.46. The summed E-state index contributed by atoms with van der Waals surface area (Å²) >= 11 is 0. The number of rotatable bonds is 9. The molecule has 4 aromatic carbocycles. The number of Topliss-reactive ketones (excluding diaryl/α,β-unsaturated/α-hetero) is 1. The zero-order valence-corrected chi connectivity index (χ0v) is 24.7. The van der Waals surface area contributed by atoms with Crippen LogP contribution in [0.3, 0.4) is 0 Å². The molecule has 2 aliphatic rings. The average molecular weight is 571 g/mol. The summed E-state index contributed by atoms with van der Waals surface area (Å²) in [5, 5.41) is 3.64. The highest BCUT2D eigenvalue weighted by Crippen LogP contribution is 2.48. The molecule has 6 rings (SSSR count). The number of fused-ring (bicyclic) bond motifs is 1. The number of ether oxygens (including phenoxy) is 1. The maximum absolute atomic E-state index is 14.3. The van der Waals surface area contributed by atoms with Crippen LogP contribution in [0.4, 0.5) is 11.4 Å². The topological polar surface area (TPSA) is 58.6 Å². The molecule has 1 heterocycles. The Morgan fingerprint density at radius 2 is 1.53 bits per heavy atom. The van der Waals surface area contributed by atoms with E-state index in [2.05, 4.69) is 30.4 Å². The van der Waals surface area contributed by atoms with Gasteiger partial charge in [-0.3, -0.25) is 14.5 Å². The molecule has 0 unspecified atom stereocenters. The Labute approximate surface area is 254 Å². The van der Waals surface area contributed by atoms with Crippen molar-refractivity contribution in [2.75, 3.05) is 10.2 Å². The van der Waals surface area contributed by atoms with Crippen LogP contribution in [0.25, 0.3) is 0 Å². The summed E-state index contributed by atoms with van der Waals surface area (Å²) in [7, 11) is 0. The molecule has 1 N–H and O–H groups in total. The molecule has 1 aliphatic heterocycles. The number of unbranched alkanes of at least 4 members (excludes halogenated alkanes) is 2. The number of amides is 1. The molecule has 0 bridgehead atoms. The number of ketones is 1. The van der Waals surface area contributed by atoms with E-state index >= 15 is 0 Å². The van der Waals surface area contributed by atoms with E-state index in [0.717, 1.165) is 58.8 Å². The number of hydrogen-bond acceptors (Lipinski definition) is 4. The quantitative estimate of drug-likeness (QED) is 0.204. The van der Waals surface area contributed by atoms with Gasteiger partial charge in [0.2, 0.25) is 5.91 Å². The summed E-state index contributed by atoms with van der Waals surface area (Å²) in [4.78, 5) is 30.2. The van der Waals surface area contributed by atoms with Crippen molar-refractivity contribution >= 4 is 23.1 Å². The zero-order chi connectivity index (χ0) is 29.6. The van der Waals surface area contributed by atoms with Gasteiger partial charge in [0.1, 0.15) is 12.4 Å². The number of nitrogens with one attached hydrogen (secondary N) is 1. The highest BCUT2D eigenvalue weighted by molar-refractivity contribution is 6.06. The minimum absolute atomic E-state index is 0.0416. The van der Waals surface area contributed by atoms with Crippen LogP contribution < -0.4 is 15.0 Å². The first-order valence-corrected chi connectivity index (χ1v) is 15.4. The fraction of sp³-hybridized carbons (Fsp3) is 0.263. The maximum atomic E-state index is 14.3. The van der Waals surface area contributed by atoms with Crippen molar-refractivity contribution in [1.82, 2.24) is 0 Å². The fourth-order valence-corrected chi connectivity index (χ4v) is 6.37. The van der Waals surface area contributed by atoms with Crippen LogP contribution in [0, 0.1) is 0 Å². The first kappa shape index (κ1) is 28.5. The van der Waals surface area contributed by atoms with Crippen molar-refractivity contribution in [3.8, 4) is 5.75 Å². The molecule has 0 saturated carbocycles. The van der Waals surface area contributed by atoms with Crippen LogP contribution in [0.15, 0.2) is 120 Å². The number of anilines is 2. The van der Waals surface area contributed by atoms with E-state index in [1.807, 2.05) is 95.9 Å². The Hall–Kier alpha value is -4.64. The number of benzene rings is 4. The van der Waals surface area contributed by atoms with Gasteiger partial charge in [0.15, 0.2) is 5.78 Å². The van der Waals surface area contributed by atoms with Crippen LogP contribution in [0.5, 0.6) is 5.75 Å². The molecule has 5 nitrogen and oxygen atoms in total. The molecule has 1 aliphatic carbocycles. The van der Waals surface area contributed by atoms with Gasteiger partial charge in [-0.1, -0.05) is 111 Å². The van der Waals surface area contributed by atoms with Gasteiger partial charge < -0.3 is 10.1 Å². The monoisotopic (exact) mass is 570 g/mol. The van der Waals surface area contributed by atoms with E-state index in [4.69, 9.17) is 4.74 Å². The van der Waals surface area contributed by atoms with Crippen LogP contribution >= 0.6 is 0 Å². The lowest BCUT2D eigenvalue weighted by atomic mass is 9.78. The summed E-state index contributed by atoms with van der Waals surface area (Å²) in [6.07, 6.45) is 4.29. The zero-order valence-electron chi connectivity index (χ0n) is 24.7. The van der Waals surface area contributed by atoms with E-state index in [-0.39, 0.29) is 17.6 Å². The molecule has 0 radical (unpaired) electrons. The van der Waals surface area contributed by atoms with Crippen molar-refractivity contribution in [2.24, 2.45) is 0 Å². The second-order valence-electron chi connectivity index (χ2n) is 11.4.